The maximum Gasteiger partial charge on any atom is 0.156 e. The first-order chi connectivity index (χ1) is 9.13. The Labute approximate surface area is 120 Å². The second kappa shape index (κ2) is 6.25. The summed E-state index contributed by atoms with van der Waals surface area (Å²) in [7, 11) is 1.79. The highest BCUT2D eigenvalue weighted by Gasteiger charge is 2.15. The molecule has 1 N–H and O–H groups in total. The van der Waals surface area contributed by atoms with E-state index in [-0.39, 0.29) is 5.82 Å². The quantitative estimate of drug-likeness (QED) is 0.859. The van der Waals surface area contributed by atoms with E-state index in [2.05, 4.69) is 38.5 Å². The topological polar surface area (TPSA) is 42.7 Å². The van der Waals surface area contributed by atoms with Crippen molar-refractivity contribution >= 4 is 15.9 Å². The number of hydrogen-bond donors (Lipinski definition) is 1. The smallest absolute Gasteiger partial charge is 0.156 e. The van der Waals surface area contributed by atoms with Crippen molar-refractivity contribution in [2.45, 2.75) is 19.9 Å². The van der Waals surface area contributed by atoms with Gasteiger partial charge in [0, 0.05) is 19.2 Å². The van der Waals surface area contributed by atoms with Crippen molar-refractivity contribution < 1.29 is 4.39 Å². The maximum atomic E-state index is 13.5. The molecule has 0 saturated heterocycles. The number of hydrogen-bond acceptors (Lipinski definition) is 3. The van der Waals surface area contributed by atoms with Gasteiger partial charge in [-0.05, 0) is 46.6 Å². The Morgan fingerprint density at radius 1 is 1.42 bits per heavy atom. The zero-order valence-electron chi connectivity index (χ0n) is 11.0. The molecule has 102 valence electrons. The number of benzene rings is 1. The Morgan fingerprint density at radius 2 is 2.21 bits per heavy atom. The molecular formula is C13H16BrFN4. The van der Waals surface area contributed by atoms with Gasteiger partial charge in [0.25, 0.3) is 0 Å². The van der Waals surface area contributed by atoms with Gasteiger partial charge in [-0.1, -0.05) is 18.2 Å². The van der Waals surface area contributed by atoms with E-state index in [4.69, 9.17) is 0 Å². The van der Waals surface area contributed by atoms with E-state index in [9.17, 15) is 4.39 Å². The van der Waals surface area contributed by atoms with E-state index in [1.807, 2.05) is 0 Å². The Bertz CT molecular complexity index is 548. The third kappa shape index (κ3) is 3.19. The maximum absolute atomic E-state index is 13.5. The van der Waals surface area contributed by atoms with E-state index in [1.165, 1.54) is 12.1 Å². The molecule has 0 radical (unpaired) electrons. The van der Waals surface area contributed by atoms with Gasteiger partial charge >= 0.3 is 0 Å². The molecule has 0 fully saturated rings. The number of halogens is 2. The first-order valence-corrected chi connectivity index (χ1v) is 6.97. The molecule has 0 aliphatic heterocycles. The molecule has 0 spiro atoms. The zero-order valence-corrected chi connectivity index (χ0v) is 12.5. The molecule has 0 unspecified atom stereocenters. The second-order valence-corrected chi connectivity index (χ2v) is 5.08. The summed E-state index contributed by atoms with van der Waals surface area (Å²) in [5, 5.41) is 11.2. The molecule has 0 aliphatic rings. The van der Waals surface area contributed by atoms with Crippen LogP contribution in [0.15, 0.2) is 22.8 Å². The van der Waals surface area contributed by atoms with Crippen LogP contribution in [0.3, 0.4) is 0 Å². The van der Waals surface area contributed by atoms with Crippen molar-refractivity contribution in [2.24, 2.45) is 7.05 Å². The number of aromatic nitrogens is 3. The molecule has 0 bridgehead atoms. The second-order valence-electron chi connectivity index (χ2n) is 4.33. The predicted octanol–water partition coefficient (Wildman–Crippen LogP) is 2.88. The van der Waals surface area contributed by atoms with Gasteiger partial charge in [0.2, 0.25) is 0 Å². The molecular weight excluding hydrogens is 311 g/mol. The average Bonchev–Trinajstić information content (AvgIpc) is 2.71. The van der Waals surface area contributed by atoms with Crippen molar-refractivity contribution in [3.63, 3.8) is 0 Å². The molecule has 1 heterocycles. The van der Waals surface area contributed by atoms with Crippen molar-refractivity contribution in [3.8, 4) is 11.3 Å². The first kappa shape index (κ1) is 14.1. The minimum absolute atomic E-state index is 0.262. The van der Waals surface area contributed by atoms with Crippen LogP contribution < -0.4 is 5.32 Å². The Hall–Kier alpha value is -1.27. The SMILES string of the molecule is CCCNCc1ccc(F)cc1-c1c(Br)nnn1C. The van der Waals surface area contributed by atoms with Crippen LogP contribution in [0.5, 0.6) is 0 Å². The standard InChI is InChI=1S/C13H16BrFN4/c1-3-6-16-8-9-4-5-10(15)7-11(9)12-13(14)17-18-19(12)2/h4-5,7,16H,3,6,8H2,1-2H3. The van der Waals surface area contributed by atoms with Crippen LogP contribution in [0.1, 0.15) is 18.9 Å². The van der Waals surface area contributed by atoms with E-state index >= 15 is 0 Å². The normalized spacial score (nSPS) is 10.9. The van der Waals surface area contributed by atoms with E-state index in [1.54, 1.807) is 17.8 Å². The summed E-state index contributed by atoms with van der Waals surface area (Å²) in [5.74, 6) is -0.262. The molecule has 0 saturated carbocycles. The number of aryl methyl sites for hydroxylation is 1. The highest BCUT2D eigenvalue weighted by molar-refractivity contribution is 9.10. The summed E-state index contributed by atoms with van der Waals surface area (Å²) in [4.78, 5) is 0. The zero-order chi connectivity index (χ0) is 13.8. The lowest BCUT2D eigenvalue weighted by molar-refractivity contribution is 0.624. The summed E-state index contributed by atoms with van der Waals surface area (Å²) in [6.07, 6.45) is 1.06. The van der Waals surface area contributed by atoms with Gasteiger partial charge < -0.3 is 5.32 Å². The number of nitrogens with one attached hydrogen (secondary N) is 1. The largest absolute Gasteiger partial charge is 0.313 e. The third-order valence-electron chi connectivity index (χ3n) is 2.85. The molecule has 19 heavy (non-hydrogen) atoms. The van der Waals surface area contributed by atoms with Crippen molar-refractivity contribution in [3.05, 3.63) is 34.2 Å². The molecule has 0 aliphatic carbocycles. The minimum atomic E-state index is -0.262. The van der Waals surface area contributed by atoms with Gasteiger partial charge in [-0.2, -0.15) is 0 Å². The summed E-state index contributed by atoms with van der Waals surface area (Å²) in [5.41, 5.74) is 2.62. The molecule has 0 amide bonds. The van der Waals surface area contributed by atoms with Crippen LogP contribution in [0, 0.1) is 5.82 Å². The summed E-state index contributed by atoms with van der Waals surface area (Å²) in [6, 6.07) is 4.79. The van der Waals surface area contributed by atoms with Gasteiger partial charge in [0.05, 0.1) is 0 Å². The van der Waals surface area contributed by atoms with E-state index in [0.717, 1.165) is 29.8 Å². The fourth-order valence-electron chi connectivity index (χ4n) is 1.94. The molecule has 1 aromatic heterocycles. The fraction of sp³-hybridized carbons (Fsp3) is 0.385. The van der Waals surface area contributed by atoms with Gasteiger partial charge in [-0.3, -0.25) is 0 Å². The lowest BCUT2D eigenvalue weighted by Gasteiger charge is -2.11. The Morgan fingerprint density at radius 3 is 2.84 bits per heavy atom. The van der Waals surface area contributed by atoms with Crippen molar-refractivity contribution in [1.82, 2.24) is 20.3 Å². The minimum Gasteiger partial charge on any atom is -0.313 e. The van der Waals surface area contributed by atoms with Gasteiger partial charge in [-0.25, -0.2) is 9.07 Å². The summed E-state index contributed by atoms with van der Waals surface area (Å²) in [6.45, 7) is 3.74. The Balaban J connectivity index is 2.40. The predicted molar refractivity (Wildman–Crippen MR) is 76.1 cm³/mol. The van der Waals surface area contributed by atoms with Crippen LogP contribution in [-0.2, 0) is 13.6 Å². The third-order valence-corrected chi connectivity index (χ3v) is 3.39. The number of rotatable bonds is 5. The van der Waals surface area contributed by atoms with Gasteiger partial charge in [0.15, 0.2) is 4.60 Å². The average molecular weight is 327 g/mol. The van der Waals surface area contributed by atoms with Crippen molar-refractivity contribution in [1.29, 1.82) is 0 Å². The fourth-order valence-corrected chi connectivity index (χ4v) is 2.48. The summed E-state index contributed by atoms with van der Waals surface area (Å²) < 4.78 is 15.8. The van der Waals surface area contributed by atoms with Crippen LogP contribution in [0.2, 0.25) is 0 Å². The van der Waals surface area contributed by atoms with Crippen LogP contribution in [-0.4, -0.2) is 21.5 Å². The lowest BCUT2D eigenvalue weighted by Crippen LogP contribution is -2.15. The molecule has 6 heteroatoms. The van der Waals surface area contributed by atoms with Gasteiger partial charge in [-0.15, -0.1) is 5.10 Å². The molecule has 4 nitrogen and oxygen atoms in total. The monoisotopic (exact) mass is 326 g/mol. The van der Waals surface area contributed by atoms with E-state index < -0.39 is 0 Å². The molecule has 1 aromatic carbocycles. The molecule has 0 atom stereocenters. The van der Waals surface area contributed by atoms with Crippen LogP contribution in [0.4, 0.5) is 4.39 Å². The summed E-state index contributed by atoms with van der Waals surface area (Å²) >= 11 is 3.36. The van der Waals surface area contributed by atoms with E-state index in [0.29, 0.717) is 11.1 Å². The lowest BCUT2D eigenvalue weighted by atomic mass is 10.0. The van der Waals surface area contributed by atoms with Crippen LogP contribution in [0.25, 0.3) is 11.3 Å². The highest BCUT2D eigenvalue weighted by Crippen LogP contribution is 2.29. The van der Waals surface area contributed by atoms with Gasteiger partial charge in [0.1, 0.15) is 11.5 Å². The van der Waals surface area contributed by atoms with Crippen molar-refractivity contribution in [2.75, 3.05) is 6.54 Å². The first-order valence-electron chi connectivity index (χ1n) is 6.18. The molecule has 2 aromatic rings. The highest BCUT2D eigenvalue weighted by atomic mass is 79.9. The Kier molecular flexibility index (Phi) is 4.66. The number of nitrogens with zero attached hydrogens (tertiary/aromatic N) is 3. The molecule has 2 rings (SSSR count). The van der Waals surface area contributed by atoms with Crippen LogP contribution >= 0.6 is 15.9 Å².